The van der Waals surface area contributed by atoms with E-state index in [-0.39, 0.29) is 5.91 Å². The topological polar surface area (TPSA) is 75.6 Å². The van der Waals surface area contributed by atoms with Gasteiger partial charge in [0.1, 0.15) is 12.7 Å². The molecule has 26 heavy (non-hydrogen) atoms. The molecule has 0 bridgehead atoms. The van der Waals surface area contributed by atoms with Gasteiger partial charge in [-0.05, 0) is 24.1 Å². The third-order valence-corrected chi connectivity index (χ3v) is 4.41. The molecule has 0 fully saturated rings. The van der Waals surface area contributed by atoms with Gasteiger partial charge in [-0.25, -0.2) is 9.67 Å². The zero-order valence-electron chi connectivity index (χ0n) is 14.4. The van der Waals surface area contributed by atoms with Crippen LogP contribution in [-0.2, 0) is 13.1 Å². The second-order valence-corrected chi connectivity index (χ2v) is 6.26. The van der Waals surface area contributed by atoms with Crippen molar-refractivity contribution >= 4 is 16.8 Å². The van der Waals surface area contributed by atoms with E-state index in [1.165, 1.54) is 6.33 Å². The summed E-state index contributed by atoms with van der Waals surface area (Å²) in [5, 5.41) is 8.06. The molecule has 0 atom stereocenters. The fraction of sp³-hybridized carbons (Fsp3) is 0.150. The molecule has 6 nitrogen and oxygen atoms in total. The first-order valence-corrected chi connectivity index (χ1v) is 8.46. The number of aryl methyl sites for hydroxylation is 1. The van der Waals surface area contributed by atoms with E-state index in [2.05, 4.69) is 20.4 Å². The monoisotopic (exact) mass is 345 g/mol. The molecule has 2 aromatic heterocycles. The van der Waals surface area contributed by atoms with Gasteiger partial charge in [0.15, 0.2) is 0 Å². The van der Waals surface area contributed by atoms with E-state index >= 15 is 0 Å². The smallest absolute Gasteiger partial charge is 0.253 e. The fourth-order valence-electron chi connectivity index (χ4n) is 3.10. The zero-order chi connectivity index (χ0) is 17.9. The van der Waals surface area contributed by atoms with Crippen molar-refractivity contribution in [2.75, 3.05) is 0 Å². The van der Waals surface area contributed by atoms with Gasteiger partial charge in [0.05, 0.1) is 12.1 Å². The number of benzene rings is 2. The highest BCUT2D eigenvalue weighted by molar-refractivity contribution is 6.08. The Morgan fingerprint density at radius 2 is 1.88 bits per heavy atom. The number of fused-ring (bicyclic) bond motifs is 1. The standard InChI is InChI=1S/C20H19N5O/c1-14-19(17-4-2-3-5-18(17)24-14)20(26)22-10-15-6-8-16(9-7-15)11-25-13-21-12-23-25/h2-9,12-13,24H,10-11H2,1H3,(H,22,26). The van der Waals surface area contributed by atoms with Crippen molar-refractivity contribution in [1.29, 1.82) is 0 Å². The number of para-hydroxylation sites is 1. The Hall–Kier alpha value is -3.41. The molecule has 0 unspecified atom stereocenters. The maximum atomic E-state index is 12.6. The Morgan fingerprint density at radius 3 is 2.65 bits per heavy atom. The third kappa shape index (κ3) is 3.21. The fourth-order valence-corrected chi connectivity index (χ4v) is 3.10. The molecular formula is C20H19N5O. The van der Waals surface area contributed by atoms with Crippen molar-refractivity contribution in [1.82, 2.24) is 25.1 Å². The molecule has 0 radical (unpaired) electrons. The minimum Gasteiger partial charge on any atom is -0.358 e. The highest BCUT2D eigenvalue weighted by Crippen LogP contribution is 2.21. The van der Waals surface area contributed by atoms with Gasteiger partial charge in [0, 0.05) is 23.1 Å². The summed E-state index contributed by atoms with van der Waals surface area (Å²) >= 11 is 0. The van der Waals surface area contributed by atoms with Crippen molar-refractivity contribution in [3.63, 3.8) is 0 Å². The highest BCUT2D eigenvalue weighted by Gasteiger charge is 2.15. The molecule has 0 saturated heterocycles. The lowest BCUT2D eigenvalue weighted by Gasteiger charge is -2.07. The first-order valence-electron chi connectivity index (χ1n) is 8.46. The molecule has 4 rings (SSSR count). The Morgan fingerprint density at radius 1 is 1.12 bits per heavy atom. The number of H-pyrrole nitrogens is 1. The predicted molar refractivity (Wildman–Crippen MR) is 99.8 cm³/mol. The van der Waals surface area contributed by atoms with Crippen LogP contribution in [0.4, 0.5) is 0 Å². The van der Waals surface area contributed by atoms with Crippen LogP contribution >= 0.6 is 0 Å². The summed E-state index contributed by atoms with van der Waals surface area (Å²) in [5.41, 5.74) is 4.76. The second-order valence-electron chi connectivity index (χ2n) is 6.26. The quantitative estimate of drug-likeness (QED) is 0.584. The highest BCUT2D eigenvalue weighted by atomic mass is 16.1. The number of nitrogens with one attached hydrogen (secondary N) is 2. The summed E-state index contributed by atoms with van der Waals surface area (Å²) in [4.78, 5) is 19.8. The van der Waals surface area contributed by atoms with E-state index in [9.17, 15) is 4.79 Å². The summed E-state index contributed by atoms with van der Waals surface area (Å²) < 4.78 is 1.77. The molecule has 0 aliphatic rings. The van der Waals surface area contributed by atoms with Gasteiger partial charge in [-0.1, -0.05) is 42.5 Å². The largest absolute Gasteiger partial charge is 0.358 e. The minimum absolute atomic E-state index is 0.0633. The van der Waals surface area contributed by atoms with E-state index in [0.29, 0.717) is 18.7 Å². The Labute approximate surface area is 150 Å². The number of carbonyl (C=O) groups is 1. The molecule has 1 amide bonds. The molecular weight excluding hydrogens is 326 g/mol. The van der Waals surface area contributed by atoms with Gasteiger partial charge in [0.2, 0.25) is 0 Å². The van der Waals surface area contributed by atoms with E-state index < -0.39 is 0 Å². The van der Waals surface area contributed by atoms with Crippen LogP contribution in [-0.4, -0.2) is 25.7 Å². The maximum Gasteiger partial charge on any atom is 0.253 e. The van der Waals surface area contributed by atoms with Crippen molar-refractivity contribution in [3.8, 4) is 0 Å². The van der Waals surface area contributed by atoms with Gasteiger partial charge in [-0.3, -0.25) is 4.79 Å². The molecule has 6 heteroatoms. The molecule has 4 aromatic rings. The lowest BCUT2D eigenvalue weighted by Crippen LogP contribution is -2.23. The van der Waals surface area contributed by atoms with Crippen LogP contribution in [0.25, 0.3) is 10.9 Å². The van der Waals surface area contributed by atoms with Crippen molar-refractivity contribution in [2.45, 2.75) is 20.0 Å². The molecule has 2 aromatic carbocycles. The number of aromatic amines is 1. The average Bonchev–Trinajstić information content (AvgIpc) is 3.27. The number of hydrogen-bond acceptors (Lipinski definition) is 3. The molecule has 0 aliphatic heterocycles. The first-order chi connectivity index (χ1) is 12.7. The van der Waals surface area contributed by atoms with Crippen molar-refractivity contribution in [2.24, 2.45) is 0 Å². The van der Waals surface area contributed by atoms with Gasteiger partial charge >= 0.3 is 0 Å². The Balaban J connectivity index is 1.43. The second kappa shape index (κ2) is 6.84. The molecule has 2 heterocycles. The van der Waals surface area contributed by atoms with Gasteiger partial charge in [0.25, 0.3) is 5.91 Å². The van der Waals surface area contributed by atoms with Gasteiger partial charge < -0.3 is 10.3 Å². The van der Waals surface area contributed by atoms with Crippen LogP contribution in [0.3, 0.4) is 0 Å². The lowest BCUT2D eigenvalue weighted by atomic mass is 10.1. The normalized spacial score (nSPS) is 11.0. The van der Waals surface area contributed by atoms with Crippen molar-refractivity contribution < 1.29 is 4.79 Å². The first kappa shape index (κ1) is 16.1. The summed E-state index contributed by atoms with van der Waals surface area (Å²) in [6, 6.07) is 16.0. The summed E-state index contributed by atoms with van der Waals surface area (Å²) in [7, 11) is 0. The number of nitrogens with zero attached hydrogens (tertiary/aromatic N) is 3. The molecule has 0 aliphatic carbocycles. The Bertz CT molecular complexity index is 1030. The number of amides is 1. The number of carbonyl (C=O) groups excluding carboxylic acids is 1. The van der Waals surface area contributed by atoms with Crippen LogP contribution in [0, 0.1) is 6.92 Å². The number of rotatable bonds is 5. The minimum atomic E-state index is -0.0633. The van der Waals surface area contributed by atoms with Crippen LogP contribution in [0.15, 0.2) is 61.2 Å². The van der Waals surface area contributed by atoms with Gasteiger partial charge in [-0.2, -0.15) is 5.10 Å². The predicted octanol–water partition coefficient (Wildman–Crippen LogP) is 3.05. The van der Waals surface area contributed by atoms with E-state index in [1.807, 2.05) is 55.5 Å². The van der Waals surface area contributed by atoms with E-state index in [4.69, 9.17) is 0 Å². The lowest BCUT2D eigenvalue weighted by molar-refractivity contribution is 0.0952. The van der Waals surface area contributed by atoms with Gasteiger partial charge in [-0.15, -0.1) is 0 Å². The van der Waals surface area contributed by atoms with Crippen LogP contribution < -0.4 is 5.32 Å². The number of hydrogen-bond donors (Lipinski definition) is 2. The average molecular weight is 345 g/mol. The Kier molecular flexibility index (Phi) is 4.23. The molecule has 0 saturated carbocycles. The summed E-state index contributed by atoms with van der Waals surface area (Å²) in [6.07, 6.45) is 3.22. The van der Waals surface area contributed by atoms with E-state index in [1.54, 1.807) is 11.0 Å². The molecule has 2 N–H and O–H groups in total. The van der Waals surface area contributed by atoms with E-state index in [0.717, 1.165) is 27.7 Å². The maximum absolute atomic E-state index is 12.6. The SMILES string of the molecule is Cc1[nH]c2ccccc2c1C(=O)NCc1ccc(Cn2cncn2)cc1. The molecule has 130 valence electrons. The van der Waals surface area contributed by atoms with Crippen LogP contribution in [0.1, 0.15) is 27.2 Å². The van der Waals surface area contributed by atoms with Crippen LogP contribution in [0.2, 0.25) is 0 Å². The zero-order valence-corrected chi connectivity index (χ0v) is 14.4. The van der Waals surface area contributed by atoms with Crippen molar-refractivity contribution in [3.05, 3.63) is 83.6 Å². The number of aromatic nitrogens is 4. The molecule has 0 spiro atoms. The third-order valence-electron chi connectivity index (χ3n) is 4.41. The summed E-state index contributed by atoms with van der Waals surface area (Å²) in [5.74, 6) is -0.0633. The summed E-state index contributed by atoms with van der Waals surface area (Å²) in [6.45, 7) is 3.09. The van der Waals surface area contributed by atoms with Crippen LogP contribution in [0.5, 0.6) is 0 Å².